The predicted octanol–water partition coefficient (Wildman–Crippen LogP) is 5.29. The summed E-state index contributed by atoms with van der Waals surface area (Å²) in [5, 5.41) is 3.25. The Labute approximate surface area is 154 Å². The minimum atomic E-state index is -0.314. The van der Waals surface area contributed by atoms with Gasteiger partial charge in [-0.25, -0.2) is 4.79 Å². The summed E-state index contributed by atoms with van der Waals surface area (Å²) in [7, 11) is 2.04. The van der Waals surface area contributed by atoms with E-state index in [0.29, 0.717) is 12.1 Å². The van der Waals surface area contributed by atoms with Crippen molar-refractivity contribution in [3.63, 3.8) is 0 Å². The maximum absolute atomic E-state index is 12.0. The molecule has 0 radical (unpaired) electrons. The zero-order valence-electron chi connectivity index (χ0n) is 13.7. The molecule has 2 heterocycles. The highest BCUT2D eigenvalue weighted by molar-refractivity contribution is 7.16. The molecule has 0 unspecified atom stereocenters. The number of nitrogens with zero attached hydrogens (tertiary/aromatic N) is 1. The monoisotopic (exact) mass is 369 g/mol. The van der Waals surface area contributed by atoms with Crippen LogP contribution < -0.4 is 5.63 Å². The van der Waals surface area contributed by atoms with Gasteiger partial charge in [0.25, 0.3) is 0 Å². The van der Waals surface area contributed by atoms with Gasteiger partial charge in [-0.3, -0.25) is 4.90 Å². The van der Waals surface area contributed by atoms with Crippen molar-refractivity contribution in [2.45, 2.75) is 13.1 Å². The summed E-state index contributed by atoms with van der Waals surface area (Å²) < 4.78 is 6.22. The van der Waals surface area contributed by atoms with E-state index in [1.165, 1.54) is 4.88 Å². The van der Waals surface area contributed by atoms with Crippen molar-refractivity contribution in [3.8, 4) is 0 Å². The van der Waals surface area contributed by atoms with Crippen LogP contribution in [-0.4, -0.2) is 11.9 Å². The van der Waals surface area contributed by atoms with Crippen LogP contribution >= 0.6 is 22.9 Å². The molecule has 126 valence electrons. The van der Waals surface area contributed by atoms with Crippen molar-refractivity contribution in [2.75, 3.05) is 7.05 Å². The predicted molar refractivity (Wildman–Crippen MR) is 104 cm³/mol. The molecule has 0 bridgehead atoms. The van der Waals surface area contributed by atoms with E-state index in [4.69, 9.17) is 16.0 Å². The molecule has 2 aromatic carbocycles. The Balaban J connectivity index is 1.77. The molecule has 0 aliphatic heterocycles. The van der Waals surface area contributed by atoms with Gasteiger partial charge in [0, 0.05) is 29.4 Å². The summed E-state index contributed by atoms with van der Waals surface area (Å²) in [6.45, 7) is 1.44. The van der Waals surface area contributed by atoms with Gasteiger partial charge in [-0.1, -0.05) is 41.9 Å². The van der Waals surface area contributed by atoms with Crippen LogP contribution in [0.3, 0.4) is 0 Å². The zero-order valence-corrected chi connectivity index (χ0v) is 15.2. The number of rotatable bonds is 4. The molecule has 25 heavy (non-hydrogen) atoms. The van der Waals surface area contributed by atoms with Crippen molar-refractivity contribution in [1.82, 2.24) is 4.90 Å². The second-order valence-corrected chi connectivity index (χ2v) is 7.93. The van der Waals surface area contributed by atoms with Gasteiger partial charge in [-0.15, -0.1) is 11.3 Å². The summed E-state index contributed by atoms with van der Waals surface area (Å²) in [6.07, 6.45) is 0. The van der Waals surface area contributed by atoms with Gasteiger partial charge < -0.3 is 4.42 Å². The SMILES string of the molecule is CN(Cc1ccc(Cl)s1)Cc1cc(=O)oc2ccc3ccccc3c12. The van der Waals surface area contributed by atoms with E-state index in [1.807, 2.05) is 43.4 Å². The minimum Gasteiger partial charge on any atom is -0.423 e. The van der Waals surface area contributed by atoms with Crippen LogP contribution in [0.1, 0.15) is 10.4 Å². The molecule has 0 saturated carbocycles. The van der Waals surface area contributed by atoms with Crippen LogP contribution in [0, 0.1) is 0 Å². The minimum absolute atomic E-state index is 0.314. The van der Waals surface area contributed by atoms with E-state index in [-0.39, 0.29) is 5.63 Å². The molecule has 0 spiro atoms. The second-order valence-electron chi connectivity index (χ2n) is 6.13. The van der Waals surface area contributed by atoms with Crippen molar-refractivity contribution in [3.05, 3.63) is 79.8 Å². The second kappa shape index (κ2) is 6.64. The summed E-state index contributed by atoms with van der Waals surface area (Å²) >= 11 is 7.59. The topological polar surface area (TPSA) is 33.5 Å². The highest BCUT2D eigenvalue weighted by atomic mass is 35.5. The molecular formula is C20H16ClNO2S. The highest BCUT2D eigenvalue weighted by Gasteiger charge is 2.12. The van der Waals surface area contributed by atoms with Gasteiger partial charge in [0.05, 0.1) is 4.34 Å². The molecule has 0 atom stereocenters. The third kappa shape index (κ3) is 3.33. The van der Waals surface area contributed by atoms with Crippen LogP contribution in [0.25, 0.3) is 21.7 Å². The molecule has 0 aliphatic rings. The molecular weight excluding hydrogens is 354 g/mol. The first-order chi connectivity index (χ1) is 12.1. The molecule has 3 nitrogen and oxygen atoms in total. The summed E-state index contributed by atoms with van der Waals surface area (Å²) in [5.74, 6) is 0. The smallest absolute Gasteiger partial charge is 0.336 e. The van der Waals surface area contributed by atoms with E-state index >= 15 is 0 Å². The van der Waals surface area contributed by atoms with Crippen LogP contribution in [0.5, 0.6) is 0 Å². The van der Waals surface area contributed by atoms with Crippen LogP contribution in [0.2, 0.25) is 4.34 Å². The van der Waals surface area contributed by atoms with E-state index in [1.54, 1.807) is 17.4 Å². The third-order valence-electron chi connectivity index (χ3n) is 4.21. The summed E-state index contributed by atoms with van der Waals surface area (Å²) in [5.41, 5.74) is 1.30. The van der Waals surface area contributed by atoms with Crippen molar-refractivity contribution < 1.29 is 4.42 Å². The number of halogens is 1. The fourth-order valence-corrected chi connectivity index (χ4v) is 4.36. The third-order valence-corrected chi connectivity index (χ3v) is 5.43. The van der Waals surface area contributed by atoms with Gasteiger partial charge in [-0.05, 0) is 41.6 Å². The van der Waals surface area contributed by atoms with Crippen molar-refractivity contribution in [1.29, 1.82) is 0 Å². The lowest BCUT2D eigenvalue weighted by molar-refractivity contribution is 0.322. The number of benzene rings is 2. The van der Waals surface area contributed by atoms with E-state index in [9.17, 15) is 4.79 Å². The van der Waals surface area contributed by atoms with Crippen LogP contribution in [0.4, 0.5) is 0 Å². The molecule has 4 rings (SSSR count). The quantitative estimate of drug-likeness (QED) is 0.362. The van der Waals surface area contributed by atoms with Crippen molar-refractivity contribution >= 4 is 44.7 Å². The lowest BCUT2D eigenvalue weighted by Crippen LogP contribution is -2.18. The Kier molecular flexibility index (Phi) is 4.34. The average Bonchev–Trinajstić information content (AvgIpc) is 2.98. The largest absolute Gasteiger partial charge is 0.423 e. The van der Waals surface area contributed by atoms with Crippen molar-refractivity contribution in [2.24, 2.45) is 0 Å². The van der Waals surface area contributed by atoms with Crippen LogP contribution in [-0.2, 0) is 13.1 Å². The Morgan fingerprint density at radius 2 is 1.92 bits per heavy atom. The van der Waals surface area contributed by atoms with Gasteiger partial charge >= 0.3 is 5.63 Å². The fraction of sp³-hybridized carbons (Fsp3) is 0.150. The van der Waals surface area contributed by atoms with Gasteiger partial charge in [-0.2, -0.15) is 0 Å². The van der Waals surface area contributed by atoms with Gasteiger partial charge in [0.1, 0.15) is 5.58 Å². The molecule has 0 fully saturated rings. The van der Waals surface area contributed by atoms with Crippen LogP contribution in [0.15, 0.2) is 63.8 Å². The molecule has 0 saturated heterocycles. The first-order valence-electron chi connectivity index (χ1n) is 7.97. The number of hydrogen-bond acceptors (Lipinski definition) is 4. The molecule has 0 amide bonds. The lowest BCUT2D eigenvalue weighted by atomic mass is 10.0. The first kappa shape index (κ1) is 16.3. The zero-order chi connectivity index (χ0) is 17.4. The number of fused-ring (bicyclic) bond motifs is 3. The molecule has 2 aromatic heterocycles. The molecule has 0 aliphatic carbocycles. The number of thiophene rings is 1. The number of hydrogen-bond donors (Lipinski definition) is 0. The maximum Gasteiger partial charge on any atom is 0.336 e. The van der Waals surface area contributed by atoms with E-state index in [0.717, 1.165) is 32.6 Å². The molecule has 5 heteroatoms. The first-order valence-corrected chi connectivity index (χ1v) is 9.17. The Morgan fingerprint density at radius 3 is 2.72 bits per heavy atom. The van der Waals surface area contributed by atoms with Gasteiger partial charge in [0.15, 0.2) is 0 Å². The summed E-state index contributed by atoms with van der Waals surface area (Å²) in [4.78, 5) is 15.4. The normalized spacial score (nSPS) is 11.6. The lowest BCUT2D eigenvalue weighted by Gasteiger charge is -2.17. The molecule has 0 N–H and O–H groups in total. The maximum atomic E-state index is 12.0. The fourth-order valence-electron chi connectivity index (χ4n) is 3.19. The Bertz CT molecular complexity index is 1120. The van der Waals surface area contributed by atoms with E-state index < -0.39 is 0 Å². The standard InChI is InChI=1S/C20H16ClNO2S/c1-22(12-15-7-9-18(21)25-15)11-14-10-19(23)24-17-8-6-13-4-2-3-5-16(13)20(14)17/h2-10H,11-12H2,1H3. The Hall–Kier alpha value is -2.14. The molecule has 4 aromatic rings. The van der Waals surface area contributed by atoms with Gasteiger partial charge in [0.2, 0.25) is 0 Å². The van der Waals surface area contributed by atoms with E-state index in [2.05, 4.69) is 17.0 Å². The average molecular weight is 370 g/mol. The Morgan fingerprint density at radius 1 is 1.08 bits per heavy atom. The summed E-state index contributed by atoms with van der Waals surface area (Å²) in [6, 6.07) is 17.6. The highest BCUT2D eigenvalue weighted by Crippen LogP contribution is 2.28.